The first kappa shape index (κ1) is 13.4. The van der Waals surface area contributed by atoms with Gasteiger partial charge in [-0.25, -0.2) is 9.67 Å². The monoisotopic (exact) mass is 331 g/mol. The molecule has 0 fully saturated rings. The van der Waals surface area contributed by atoms with E-state index in [-0.39, 0.29) is 0 Å². The molecule has 0 aliphatic heterocycles. The summed E-state index contributed by atoms with van der Waals surface area (Å²) in [5.74, 6) is 0. The molecule has 24 heavy (non-hydrogen) atoms. The van der Waals surface area contributed by atoms with E-state index >= 15 is 0 Å². The Morgan fingerprint density at radius 3 is 2.71 bits per heavy atom. The van der Waals surface area contributed by atoms with Crippen LogP contribution in [0.5, 0.6) is 0 Å². The SMILES string of the molecule is c1ccc(-c2nc3sccn3c2Cn2nnc3ccccc32)cc1. The fraction of sp³-hybridized carbons (Fsp3) is 0.0556. The highest BCUT2D eigenvalue weighted by Gasteiger charge is 2.16. The van der Waals surface area contributed by atoms with Crippen LogP contribution in [0.1, 0.15) is 5.69 Å². The van der Waals surface area contributed by atoms with Crippen LogP contribution >= 0.6 is 11.3 Å². The minimum Gasteiger partial charge on any atom is -0.292 e. The summed E-state index contributed by atoms with van der Waals surface area (Å²) in [5.41, 5.74) is 5.18. The number of hydrogen-bond donors (Lipinski definition) is 0. The van der Waals surface area contributed by atoms with Gasteiger partial charge in [0.25, 0.3) is 0 Å². The molecule has 0 radical (unpaired) electrons. The summed E-state index contributed by atoms with van der Waals surface area (Å²) in [4.78, 5) is 5.82. The van der Waals surface area contributed by atoms with Crippen molar-refractivity contribution in [3.05, 3.63) is 71.9 Å². The van der Waals surface area contributed by atoms with Crippen LogP contribution in [0.25, 0.3) is 27.3 Å². The summed E-state index contributed by atoms with van der Waals surface area (Å²) < 4.78 is 4.08. The zero-order valence-corrected chi connectivity index (χ0v) is 13.5. The van der Waals surface area contributed by atoms with Crippen LogP contribution in [0.15, 0.2) is 66.2 Å². The van der Waals surface area contributed by atoms with Crippen LogP contribution in [-0.4, -0.2) is 24.4 Å². The Bertz CT molecular complexity index is 1140. The molecule has 0 aliphatic carbocycles. The average Bonchev–Trinajstić information content (AvgIpc) is 3.32. The van der Waals surface area contributed by atoms with E-state index < -0.39 is 0 Å². The molecule has 0 unspecified atom stereocenters. The molecule has 0 amide bonds. The van der Waals surface area contributed by atoms with E-state index in [1.165, 1.54) is 0 Å². The Kier molecular flexibility index (Phi) is 2.96. The Morgan fingerprint density at radius 1 is 0.958 bits per heavy atom. The van der Waals surface area contributed by atoms with Crippen LogP contribution in [0.3, 0.4) is 0 Å². The highest BCUT2D eigenvalue weighted by molar-refractivity contribution is 7.15. The second kappa shape index (κ2) is 5.28. The van der Waals surface area contributed by atoms with E-state index in [2.05, 4.69) is 38.4 Å². The number of aromatic nitrogens is 5. The van der Waals surface area contributed by atoms with Gasteiger partial charge in [-0.15, -0.1) is 16.4 Å². The smallest absolute Gasteiger partial charge is 0.194 e. The van der Waals surface area contributed by atoms with Crippen LogP contribution in [0.4, 0.5) is 0 Å². The zero-order chi connectivity index (χ0) is 15.9. The molecule has 0 spiro atoms. The number of para-hydroxylation sites is 1. The van der Waals surface area contributed by atoms with Gasteiger partial charge in [0.1, 0.15) is 5.52 Å². The maximum atomic E-state index is 4.82. The highest BCUT2D eigenvalue weighted by Crippen LogP contribution is 2.27. The molecule has 6 heteroatoms. The molecule has 0 aliphatic rings. The van der Waals surface area contributed by atoms with Gasteiger partial charge >= 0.3 is 0 Å². The van der Waals surface area contributed by atoms with Gasteiger partial charge in [0.05, 0.1) is 23.4 Å². The molecule has 5 aromatic rings. The molecule has 0 N–H and O–H groups in total. The van der Waals surface area contributed by atoms with Crippen molar-refractivity contribution in [2.45, 2.75) is 6.54 Å². The predicted molar refractivity (Wildman–Crippen MR) is 95.1 cm³/mol. The number of imidazole rings is 1. The second-order valence-corrected chi connectivity index (χ2v) is 6.44. The van der Waals surface area contributed by atoms with Gasteiger partial charge in [0.15, 0.2) is 4.96 Å². The minimum atomic E-state index is 0.628. The third-order valence-electron chi connectivity index (χ3n) is 4.13. The summed E-state index contributed by atoms with van der Waals surface area (Å²) in [6, 6.07) is 18.3. The van der Waals surface area contributed by atoms with Crippen LogP contribution in [0.2, 0.25) is 0 Å². The Hall–Kier alpha value is -2.99. The van der Waals surface area contributed by atoms with Crippen molar-refractivity contribution >= 4 is 27.3 Å². The molecule has 0 saturated heterocycles. The number of hydrogen-bond acceptors (Lipinski definition) is 4. The van der Waals surface area contributed by atoms with Crippen LogP contribution < -0.4 is 0 Å². The van der Waals surface area contributed by atoms with E-state index in [0.29, 0.717) is 6.54 Å². The van der Waals surface area contributed by atoms with Gasteiger partial charge in [-0.2, -0.15) is 0 Å². The number of rotatable bonds is 3. The first-order chi connectivity index (χ1) is 11.9. The zero-order valence-electron chi connectivity index (χ0n) is 12.7. The quantitative estimate of drug-likeness (QED) is 0.504. The van der Waals surface area contributed by atoms with Gasteiger partial charge in [-0.05, 0) is 12.1 Å². The second-order valence-electron chi connectivity index (χ2n) is 5.56. The first-order valence-electron chi connectivity index (χ1n) is 7.68. The highest BCUT2D eigenvalue weighted by atomic mass is 32.1. The lowest BCUT2D eigenvalue weighted by atomic mass is 10.1. The third-order valence-corrected chi connectivity index (χ3v) is 4.88. The van der Waals surface area contributed by atoms with Gasteiger partial charge < -0.3 is 0 Å². The summed E-state index contributed by atoms with van der Waals surface area (Å²) in [7, 11) is 0. The van der Waals surface area contributed by atoms with Crippen molar-refractivity contribution in [2.24, 2.45) is 0 Å². The van der Waals surface area contributed by atoms with Crippen molar-refractivity contribution in [3.63, 3.8) is 0 Å². The largest absolute Gasteiger partial charge is 0.292 e. The number of thiazole rings is 1. The molecule has 2 aromatic carbocycles. The van der Waals surface area contributed by atoms with Gasteiger partial charge in [0, 0.05) is 17.1 Å². The first-order valence-corrected chi connectivity index (χ1v) is 8.56. The lowest BCUT2D eigenvalue weighted by Gasteiger charge is -2.05. The van der Waals surface area contributed by atoms with E-state index in [4.69, 9.17) is 4.98 Å². The molecule has 3 heterocycles. The molecule has 5 nitrogen and oxygen atoms in total. The average molecular weight is 331 g/mol. The normalized spacial score (nSPS) is 11.5. The lowest BCUT2D eigenvalue weighted by molar-refractivity contribution is 0.656. The molecular weight excluding hydrogens is 318 g/mol. The molecular formula is C18H13N5S. The number of fused-ring (bicyclic) bond motifs is 2. The van der Waals surface area contributed by atoms with Crippen LogP contribution in [0, 0.1) is 0 Å². The Morgan fingerprint density at radius 2 is 1.79 bits per heavy atom. The number of benzene rings is 2. The summed E-state index contributed by atoms with van der Waals surface area (Å²) >= 11 is 1.64. The van der Waals surface area contributed by atoms with Crippen molar-refractivity contribution in [1.82, 2.24) is 24.4 Å². The summed E-state index contributed by atoms with van der Waals surface area (Å²) in [6.45, 7) is 0.628. The summed E-state index contributed by atoms with van der Waals surface area (Å²) in [6.07, 6.45) is 2.06. The van der Waals surface area contributed by atoms with Gasteiger partial charge in [-0.3, -0.25) is 4.40 Å². The molecule has 116 valence electrons. The topological polar surface area (TPSA) is 48.0 Å². The van der Waals surface area contributed by atoms with Crippen molar-refractivity contribution < 1.29 is 0 Å². The summed E-state index contributed by atoms with van der Waals surface area (Å²) in [5, 5.41) is 10.6. The van der Waals surface area contributed by atoms with Gasteiger partial charge in [-0.1, -0.05) is 47.7 Å². The molecule has 0 bridgehead atoms. The van der Waals surface area contributed by atoms with Crippen molar-refractivity contribution in [2.75, 3.05) is 0 Å². The molecule has 0 atom stereocenters. The molecule has 5 rings (SSSR count). The predicted octanol–water partition coefficient (Wildman–Crippen LogP) is 3.86. The van der Waals surface area contributed by atoms with E-state index in [1.54, 1.807) is 11.3 Å². The molecule has 0 saturated carbocycles. The van der Waals surface area contributed by atoms with E-state index in [0.717, 1.165) is 32.9 Å². The van der Waals surface area contributed by atoms with Crippen molar-refractivity contribution in [3.8, 4) is 11.3 Å². The Labute approximate surface area is 141 Å². The van der Waals surface area contributed by atoms with Gasteiger partial charge in [0.2, 0.25) is 0 Å². The maximum Gasteiger partial charge on any atom is 0.194 e. The van der Waals surface area contributed by atoms with Crippen molar-refractivity contribution in [1.29, 1.82) is 0 Å². The Balaban J connectivity index is 1.69. The number of nitrogens with zero attached hydrogens (tertiary/aromatic N) is 5. The standard InChI is InChI=1S/C18H13N5S/c1-2-6-13(7-3-1)17-16(22-10-11-24-18(22)19-17)12-23-15-9-5-4-8-14(15)20-21-23/h1-11H,12H2. The lowest BCUT2D eigenvalue weighted by Crippen LogP contribution is -2.05. The minimum absolute atomic E-state index is 0.628. The maximum absolute atomic E-state index is 4.82. The third kappa shape index (κ3) is 2.04. The van der Waals surface area contributed by atoms with E-state index in [9.17, 15) is 0 Å². The fourth-order valence-corrected chi connectivity index (χ4v) is 3.72. The van der Waals surface area contributed by atoms with Crippen LogP contribution in [-0.2, 0) is 6.54 Å². The molecule has 3 aromatic heterocycles. The fourth-order valence-electron chi connectivity index (χ4n) is 2.99. The van der Waals surface area contributed by atoms with E-state index in [1.807, 2.05) is 47.1 Å².